The standard InChI is InChI=1S/C12H12N2/c1-3-9-4-5-12-11(6-9)10(7-13)8-14(12)2/h4-6,8H,3H2,1-2H3. The highest BCUT2D eigenvalue weighted by Gasteiger charge is 2.05. The molecule has 1 heterocycles. The van der Waals surface area contributed by atoms with Crippen LogP contribution >= 0.6 is 0 Å². The van der Waals surface area contributed by atoms with Crippen molar-refractivity contribution < 1.29 is 0 Å². The van der Waals surface area contributed by atoms with Crippen LogP contribution in [0, 0.1) is 11.3 Å². The molecule has 0 aliphatic rings. The van der Waals surface area contributed by atoms with Crippen molar-refractivity contribution in [1.29, 1.82) is 5.26 Å². The lowest BCUT2D eigenvalue weighted by molar-refractivity contribution is 0.966. The zero-order chi connectivity index (χ0) is 10.1. The summed E-state index contributed by atoms with van der Waals surface area (Å²) in [7, 11) is 1.97. The molecule has 0 saturated heterocycles. The monoisotopic (exact) mass is 184 g/mol. The van der Waals surface area contributed by atoms with Gasteiger partial charge in [-0.2, -0.15) is 5.26 Å². The van der Waals surface area contributed by atoms with Gasteiger partial charge in [-0.05, 0) is 24.1 Å². The van der Waals surface area contributed by atoms with Crippen molar-refractivity contribution in [1.82, 2.24) is 4.57 Å². The molecule has 0 saturated carbocycles. The Morgan fingerprint density at radius 2 is 2.21 bits per heavy atom. The molecule has 2 rings (SSSR count). The Kier molecular flexibility index (Phi) is 2.01. The molecular weight excluding hydrogens is 172 g/mol. The fraction of sp³-hybridized carbons (Fsp3) is 0.250. The quantitative estimate of drug-likeness (QED) is 0.669. The molecule has 0 aliphatic carbocycles. The normalized spacial score (nSPS) is 10.4. The highest BCUT2D eigenvalue weighted by atomic mass is 14.9. The number of aromatic nitrogens is 1. The third-order valence-corrected chi connectivity index (χ3v) is 2.58. The summed E-state index contributed by atoms with van der Waals surface area (Å²) < 4.78 is 1.99. The van der Waals surface area contributed by atoms with Gasteiger partial charge in [-0.25, -0.2) is 0 Å². The van der Waals surface area contributed by atoms with Crippen LogP contribution in [0.5, 0.6) is 0 Å². The number of benzene rings is 1. The van der Waals surface area contributed by atoms with Crippen LogP contribution in [0.2, 0.25) is 0 Å². The van der Waals surface area contributed by atoms with Gasteiger partial charge < -0.3 is 4.57 Å². The third-order valence-electron chi connectivity index (χ3n) is 2.58. The fourth-order valence-electron chi connectivity index (χ4n) is 1.75. The Morgan fingerprint density at radius 1 is 1.43 bits per heavy atom. The van der Waals surface area contributed by atoms with Gasteiger partial charge in [0.05, 0.1) is 5.56 Å². The number of rotatable bonds is 1. The maximum absolute atomic E-state index is 8.95. The van der Waals surface area contributed by atoms with Gasteiger partial charge in [0.15, 0.2) is 0 Å². The van der Waals surface area contributed by atoms with Gasteiger partial charge in [-0.3, -0.25) is 0 Å². The van der Waals surface area contributed by atoms with Crippen LogP contribution in [0.3, 0.4) is 0 Å². The molecule has 1 aromatic carbocycles. The van der Waals surface area contributed by atoms with E-state index in [1.165, 1.54) is 5.56 Å². The average molecular weight is 184 g/mol. The van der Waals surface area contributed by atoms with Crippen molar-refractivity contribution in [2.45, 2.75) is 13.3 Å². The van der Waals surface area contributed by atoms with Crippen molar-refractivity contribution in [3.8, 4) is 6.07 Å². The van der Waals surface area contributed by atoms with E-state index in [9.17, 15) is 0 Å². The van der Waals surface area contributed by atoms with Gasteiger partial charge in [-0.1, -0.05) is 13.0 Å². The first-order valence-corrected chi connectivity index (χ1v) is 4.74. The Balaban J connectivity index is 2.79. The number of fused-ring (bicyclic) bond motifs is 1. The van der Waals surface area contributed by atoms with Gasteiger partial charge in [-0.15, -0.1) is 0 Å². The first kappa shape index (κ1) is 8.83. The van der Waals surface area contributed by atoms with E-state index in [-0.39, 0.29) is 0 Å². The molecule has 0 unspecified atom stereocenters. The number of hydrogen-bond acceptors (Lipinski definition) is 1. The van der Waals surface area contributed by atoms with Crippen LogP contribution in [0.15, 0.2) is 24.4 Å². The van der Waals surface area contributed by atoms with Crippen LogP contribution in [-0.2, 0) is 13.5 Å². The molecule has 70 valence electrons. The van der Waals surface area contributed by atoms with Crippen LogP contribution in [-0.4, -0.2) is 4.57 Å². The van der Waals surface area contributed by atoms with Crippen molar-refractivity contribution in [3.05, 3.63) is 35.5 Å². The Morgan fingerprint density at radius 3 is 2.86 bits per heavy atom. The highest BCUT2D eigenvalue weighted by molar-refractivity contribution is 5.86. The Labute approximate surface area is 83.4 Å². The first-order valence-electron chi connectivity index (χ1n) is 4.74. The lowest BCUT2D eigenvalue weighted by Gasteiger charge is -1.98. The summed E-state index contributed by atoms with van der Waals surface area (Å²) >= 11 is 0. The predicted molar refractivity (Wildman–Crippen MR) is 57.0 cm³/mol. The maximum atomic E-state index is 8.95. The lowest BCUT2D eigenvalue weighted by atomic mass is 10.1. The van der Waals surface area contributed by atoms with Gasteiger partial charge in [0, 0.05) is 24.1 Å². The van der Waals surface area contributed by atoms with E-state index in [2.05, 4.69) is 31.2 Å². The van der Waals surface area contributed by atoms with E-state index in [4.69, 9.17) is 5.26 Å². The van der Waals surface area contributed by atoms with E-state index in [0.717, 1.165) is 22.9 Å². The summed E-state index contributed by atoms with van der Waals surface area (Å²) in [4.78, 5) is 0. The van der Waals surface area contributed by atoms with Gasteiger partial charge in [0.2, 0.25) is 0 Å². The molecule has 0 spiro atoms. The Bertz CT molecular complexity index is 515. The van der Waals surface area contributed by atoms with E-state index in [1.54, 1.807) is 0 Å². The molecule has 14 heavy (non-hydrogen) atoms. The predicted octanol–water partition coefficient (Wildman–Crippen LogP) is 2.61. The van der Waals surface area contributed by atoms with E-state index < -0.39 is 0 Å². The molecule has 0 bridgehead atoms. The topological polar surface area (TPSA) is 28.7 Å². The van der Waals surface area contributed by atoms with Crippen LogP contribution in [0.1, 0.15) is 18.1 Å². The van der Waals surface area contributed by atoms with Crippen molar-refractivity contribution in [2.24, 2.45) is 7.05 Å². The largest absolute Gasteiger partial charge is 0.349 e. The van der Waals surface area contributed by atoms with Crippen molar-refractivity contribution in [3.63, 3.8) is 0 Å². The molecule has 0 amide bonds. The zero-order valence-corrected chi connectivity index (χ0v) is 8.41. The van der Waals surface area contributed by atoms with Gasteiger partial charge in [0.1, 0.15) is 6.07 Å². The molecule has 0 fully saturated rings. The van der Waals surface area contributed by atoms with Crippen LogP contribution in [0.25, 0.3) is 10.9 Å². The van der Waals surface area contributed by atoms with E-state index in [1.807, 2.05) is 17.8 Å². The minimum atomic E-state index is 0.762. The summed E-state index contributed by atoms with van der Waals surface area (Å²) in [5.41, 5.74) is 3.16. The van der Waals surface area contributed by atoms with Gasteiger partial charge >= 0.3 is 0 Å². The second-order valence-corrected chi connectivity index (χ2v) is 3.47. The summed E-state index contributed by atoms with van der Waals surface area (Å²) in [5, 5.41) is 10.0. The summed E-state index contributed by atoms with van der Waals surface area (Å²) in [6.07, 6.45) is 2.89. The SMILES string of the molecule is CCc1ccc2c(c1)c(C#N)cn2C. The summed E-state index contributed by atoms with van der Waals surface area (Å²) in [6, 6.07) is 8.52. The minimum absolute atomic E-state index is 0.762. The van der Waals surface area contributed by atoms with Crippen LogP contribution in [0.4, 0.5) is 0 Å². The molecule has 0 radical (unpaired) electrons. The smallest absolute Gasteiger partial charge is 0.101 e. The maximum Gasteiger partial charge on any atom is 0.101 e. The minimum Gasteiger partial charge on any atom is -0.349 e. The summed E-state index contributed by atoms with van der Waals surface area (Å²) in [6.45, 7) is 2.12. The lowest BCUT2D eigenvalue weighted by Crippen LogP contribution is -1.84. The van der Waals surface area contributed by atoms with Gasteiger partial charge in [0.25, 0.3) is 0 Å². The van der Waals surface area contributed by atoms with Crippen molar-refractivity contribution >= 4 is 10.9 Å². The molecule has 2 heteroatoms. The molecule has 0 N–H and O–H groups in total. The zero-order valence-electron chi connectivity index (χ0n) is 8.41. The molecule has 0 atom stereocenters. The molecular formula is C12H12N2. The third kappa shape index (κ3) is 1.18. The highest BCUT2D eigenvalue weighted by Crippen LogP contribution is 2.21. The molecule has 2 aromatic rings. The fourth-order valence-corrected chi connectivity index (χ4v) is 1.75. The molecule has 1 aromatic heterocycles. The molecule has 0 aliphatic heterocycles. The number of nitriles is 1. The summed E-state index contributed by atoms with van der Waals surface area (Å²) in [5.74, 6) is 0. The average Bonchev–Trinajstić information content (AvgIpc) is 2.55. The number of hydrogen-bond donors (Lipinski definition) is 0. The second-order valence-electron chi connectivity index (χ2n) is 3.47. The first-order chi connectivity index (χ1) is 6.76. The van der Waals surface area contributed by atoms with Crippen molar-refractivity contribution in [2.75, 3.05) is 0 Å². The second kappa shape index (κ2) is 3.19. The molecule has 2 nitrogen and oxygen atoms in total. The number of aryl methyl sites for hydroxylation is 2. The Hall–Kier alpha value is -1.75. The van der Waals surface area contributed by atoms with Crippen LogP contribution < -0.4 is 0 Å². The van der Waals surface area contributed by atoms with E-state index >= 15 is 0 Å². The van der Waals surface area contributed by atoms with E-state index in [0.29, 0.717) is 0 Å². The number of nitrogens with zero attached hydrogens (tertiary/aromatic N) is 2.